The maximum absolute atomic E-state index is 13.0. The second-order valence-corrected chi connectivity index (χ2v) is 6.99. The van der Waals surface area contributed by atoms with E-state index in [1.54, 1.807) is 0 Å². The van der Waals surface area contributed by atoms with Crippen molar-refractivity contribution in [2.75, 3.05) is 19.7 Å². The number of ether oxygens (including phenoxy) is 1. The van der Waals surface area contributed by atoms with Gasteiger partial charge in [-0.3, -0.25) is 4.79 Å². The summed E-state index contributed by atoms with van der Waals surface area (Å²) in [5, 5.41) is 0. The molecule has 0 N–H and O–H groups in total. The van der Waals surface area contributed by atoms with Crippen molar-refractivity contribution in [3.63, 3.8) is 0 Å². The number of carbonyl (C=O) groups is 1. The Bertz CT molecular complexity index is 723. The Hall–Kier alpha value is -2.20. The summed E-state index contributed by atoms with van der Waals surface area (Å²) in [7, 11) is 0. The van der Waals surface area contributed by atoms with Crippen LogP contribution in [0.1, 0.15) is 22.3 Å². The van der Waals surface area contributed by atoms with Gasteiger partial charge in [0.2, 0.25) is 0 Å². The molecule has 0 radical (unpaired) electrons. The van der Waals surface area contributed by atoms with Gasteiger partial charge < -0.3 is 9.64 Å². The van der Waals surface area contributed by atoms with E-state index < -0.39 is 0 Å². The normalized spacial score (nSPS) is 21.7. The molecule has 2 saturated heterocycles. The maximum Gasteiger partial charge on any atom is 0.253 e. The van der Waals surface area contributed by atoms with Crippen molar-refractivity contribution in [1.29, 1.82) is 0 Å². The van der Waals surface area contributed by atoms with E-state index >= 15 is 0 Å². The number of nitrogens with zero attached hydrogens (tertiary/aromatic N) is 1. The van der Waals surface area contributed by atoms with Gasteiger partial charge in [0, 0.05) is 24.1 Å². The molecule has 1 amide bonds. The van der Waals surface area contributed by atoms with Crippen LogP contribution in [-0.2, 0) is 11.2 Å². The van der Waals surface area contributed by atoms with Crippen LogP contribution in [0.25, 0.3) is 0 Å². The highest BCUT2D eigenvalue weighted by Gasteiger charge is 2.50. The van der Waals surface area contributed by atoms with E-state index in [4.69, 9.17) is 4.74 Å². The fourth-order valence-corrected chi connectivity index (χ4v) is 3.80. The van der Waals surface area contributed by atoms with Crippen LogP contribution < -0.4 is 0 Å². The molecular formula is C20H20FNO2. The van der Waals surface area contributed by atoms with Gasteiger partial charge in [-0.15, -0.1) is 0 Å². The van der Waals surface area contributed by atoms with Crippen molar-refractivity contribution in [3.8, 4) is 0 Å². The monoisotopic (exact) mass is 325 g/mol. The molecule has 1 spiro atoms. The Morgan fingerprint density at radius 3 is 2.54 bits per heavy atom. The molecule has 2 aliphatic rings. The first-order valence-corrected chi connectivity index (χ1v) is 8.34. The molecule has 2 aromatic carbocycles. The molecule has 124 valence electrons. The van der Waals surface area contributed by atoms with Crippen LogP contribution in [0.4, 0.5) is 4.39 Å². The highest BCUT2D eigenvalue weighted by molar-refractivity contribution is 5.94. The highest BCUT2D eigenvalue weighted by atomic mass is 19.1. The summed E-state index contributed by atoms with van der Waals surface area (Å²) in [5.41, 5.74) is 1.94. The summed E-state index contributed by atoms with van der Waals surface area (Å²) in [6, 6.07) is 16.0. The van der Waals surface area contributed by atoms with Crippen molar-refractivity contribution in [3.05, 3.63) is 71.5 Å². The van der Waals surface area contributed by atoms with Crippen molar-refractivity contribution in [1.82, 2.24) is 4.90 Å². The van der Waals surface area contributed by atoms with E-state index in [0.717, 1.165) is 37.1 Å². The van der Waals surface area contributed by atoms with E-state index in [1.165, 1.54) is 12.1 Å². The van der Waals surface area contributed by atoms with Gasteiger partial charge in [-0.1, -0.05) is 30.3 Å². The zero-order chi connectivity index (χ0) is 16.6. The average Bonchev–Trinajstić information content (AvgIpc) is 3.00. The first-order valence-electron chi connectivity index (χ1n) is 8.34. The molecule has 24 heavy (non-hydrogen) atoms. The Balaban J connectivity index is 1.33. The van der Waals surface area contributed by atoms with Gasteiger partial charge in [-0.25, -0.2) is 4.39 Å². The van der Waals surface area contributed by atoms with Crippen molar-refractivity contribution < 1.29 is 13.9 Å². The van der Waals surface area contributed by atoms with Gasteiger partial charge in [0.15, 0.2) is 0 Å². The number of rotatable bonds is 3. The minimum Gasteiger partial charge on any atom is -0.377 e. The lowest BCUT2D eigenvalue weighted by molar-refractivity contribution is -0.00133. The smallest absolute Gasteiger partial charge is 0.253 e. The number of halogens is 1. The lowest BCUT2D eigenvalue weighted by Crippen LogP contribution is -2.58. The zero-order valence-electron chi connectivity index (χ0n) is 13.5. The van der Waals surface area contributed by atoms with Crippen LogP contribution in [0, 0.1) is 11.2 Å². The molecule has 4 heteroatoms. The molecule has 4 rings (SSSR count). The summed E-state index contributed by atoms with van der Waals surface area (Å²) < 4.78 is 18.9. The quantitative estimate of drug-likeness (QED) is 0.866. The second-order valence-electron chi connectivity index (χ2n) is 6.99. The molecule has 2 heterocycles. The predicted molar refractivity (Wildman–Crippen MR) is 89.2 cm³/mol. The second kappa shape index (κ2) is 6.02. The summed E-state index contributed by atoms with van der Waals surface area (Å²) in [5.74, 6) is -0.111. The predicted octanol–water partition coefficient (Wildman–Crippen LogP) is 3.30. The van der Waals surface area contributed by atoms with Crippen molar-refractivity contribution >= 4 is 5.91 Å². The third-order valence-corrected chi connectivity index (χ3v) is 5.02. The van der Waals surface area contributed by atoms with Gasteiger partial charge in [-0.05, 0) is 42.7 Å². The molecule has 2 fully saturated rings. The Morgan fingerprint density at radius 2 is 1.83 bits per heavy atom. The van der Waals surface area contributed by atoms with E-state index in [-0.39, 0.29) is 23.2 Å². The van der Waals surface area contributed by atoms with Crippen LogP contribution in [0.2, 0.25) is 0 Å². The van der Waals surface area contributed by atoms with Gasteiger partial charge in [0.25, 0.3) is 5.91 Å². The van der Waals surface area contributed by atoms with Gasteiger partial charge in [0.05, 0.1) is 12.7 Å². The van der Waals surface area contributed by atoms with E-state index in [9.17, 15) is 9.18 Å². The first-order chi connectivity index (χ1) is 11.6. The molecule has 0 bridgehead atoms. The maximum atomic E-state index is 13.0. The lowest BCUT2D eigenvalue weighted by atomic mass is 9.77. The number of hydrogen-bond acceptors (Lipinski definition) is 2. The Labute approximate surface area is 141 Å². The van der Waals surface area contributed by atoms with Crippen molar-refractivity contribution in [2.24, 2.45) is 5.41 Å². The number of benzene rings is 2. The molecule has 2 aromatic rings. The summed E-state index contributed by atoms with van der Waals surface area (Å²) in [6.45, 7) is 2.23. The summed E-state index contributed by atoms with van der Waals surface area (Å²) in [4.78, 5) is 14.3. The Kier molecular flexibility index (Phi) is 3.85. The largest absolute Gasteiger partial charge is 0.377 e. The molecule has 2 aliphatic heterocycles. The van der Waals surface area contributed by atoms with Crippen LogP contribution >= 0.6 is 0 Å². The van der Waals surface area contributed by atoms with E-state index in [2.05, 4.69) is 0 Å². The molecule has 0 aliphatic carbocycles. The fourth-order valence-electron chi connectivity index (χ4n) is 3.80. The van der Waals surface area contributed by atoms with Crippen LogP contribution in [-0.4, -0.2) is 36.6 Å². The van der Waals surface area contributed by atoms with Gasteiger partial charge >= 0.3 is 0 Å². The van der Waals surface area contributed by atoms with Gasteiger partial charge in [-0.2, -0.15) is 0 Å². The molecule has 0 aromatic heterocycles. The van der Waals surface area contributed by atoms with Crippen LogP contribution in [0.3, 0.4) is 0 Å². The molecule has 0 saturated carbocycles. The molecular weight excluding hydrogens is 305 g/mol. The zero-order valence-corrected chi connectivity index (χ0v) is 13.5. The third kappa shape index (κ3) is 2.94. The first kappa shape index (κ1) is 15.3. The standard InChI is InChI=1S/C20H20FNO2/c21-17-8-6-15(7-9-17)10-18-11-20(14-24-18)12-22(13-20)19(23)16-4-2-1-3-5-16/h1-9,18H,10-14H2. The minimum atomic E-state index is -0.211. The molecule has 1 atom stereocenters. The van der Waals surface area contributed by atoms with Crippen LogP contribution in [0.15, 0.2) is 54.6 Å². The summed E-state index contributed by atoms with van der Waals surface area (Å²) >= 11 is 0. The Morgan fingerprint density at radius 1 is 1.12 bits per heavy atom. The van der Waals surface area contributed by atoms with Crippen LogP contribution in [0.5, 0.6) is 0 Å². The number of carbonyl (C=O) groups excluding carboxylic acids is 1. The minimum absolute atomic E-state index is 0.100. The van der Waals surface area contributed by atoms with Gasteiger partial charge in [0.1, 0.15) is 5.82 Å². The van der Waals surface area contributed by atoms with E-state index in [0.29, 0.717) is 6.61 Å². The SMILES string of the molecule is O=C(c1ccccc1)N1CC2(COC(Cc3ccc(F)cc3)C2)C1. The number of likely N-dealkylation sites (tertiary alicyclic amines) is 1. The fraction of sp³-hybridized carbons (Fsp3) is 0.350. The van der Waals surface area contributed by atoms with Crippen molar-refractivity contribution in [2.45, 2.75) is 18.9 Å². The molecule has 1 unspecified atom stereocenters. The third-order valence-electron chi connectivity index (χ3n) is 5.02. The molecule has 3 nitrogen and oxygen atoms in total. The summed E-state index contributed by atoms with van der Waals surface area (Å²) in [6.07, 6.45) is 1.92. The lowest BCUT2D eigenvalue weighted by Gasteiger charge is -2.47. The number of amides is 1. The topological polar surface area (TPSA) is 29.5 Å². The average molecular weight is 325 g/mol. The van der Waals surface area contributed by atoms with E-state index in [1.807, 2.05) is 47.4 Å². The highest BCUT2D eigenvalue weighted by Crippen LogP contribution is 2.42. The number of hydrogen-bond donors (Lipinski definition) is 0.